The Morgan fingerprint density at radius 1 is 0.398 bits per heavy atom. The molecule has 5 fully saturated rings. The van der Waals surface area contributed by atoms with Crippen molar-refractivity contribution in [3.8, 4) is 0 Å². The number of H-pyrrole nitrogens is 5. The molecule has 39 heteroatoms. The van der Waals surface area contributed by atoms with Crippen molar-refractivity contribution in [2.75, 3.05) is 32.7 Å². The molecule has 0 spiro atoms. The summed E-state index contributed by atoms with van der Waals surface area (Å²) in [6, 6.07) is -2.32. The van der Waals surface area contributed by atoms with Crippen LogP contribution in [0.4, 0.5) is 0 Å². The van der Waals surface area contributed by atoms with Gasteiger partial charge in [0.2, 0.25) is 0 Å². The minimum Gasteiger partial charge on any atom is -0.390 e. The molecule has 16 N–H and O–H groups in total. The van der Waals surface area contributed by atoms with Crippen LogP contribution in [0.3, 0.4) is 0 Å². The Morgan fingerprint density at radius 2 is 0.613 bits per heavy atom. The van der Waals surface area contributed by atoms with Gasteiger partial charge in [-0.1, -0.05) is 0 Å². The molecule has 10 rings (SSSR count). The van der Waals surface area contributed by atoms with Gasteiger partial charge in [0.25, 0.3) is 27.8 Å². The maximum atomic E-state index is 13.3. The zero-order chi connectivity index (χ0) is 66.9. The molecule has 93 heavy (non-hydrogen) atoms. The van der Waals surface area contributed by atoms with Crippen LogP contribution < -0.4 is 105 Å². The summed E-state index contributed by atoms with van der Waals surface area (Å²) in [4.78, 5) is 138. The molecule has 0 saturated carbocycles. The summed E-state index contributed by atoms with van der Waals surface area (Å²) in [6.45, 7) is 7.91. The van der Waals surface area contributed by atoms with E-state index < -0.39 is 148 Å². The third-order valence-corrected chi connectivity index (χ3v) is 17.8. The van der Waals surface area contributed by atoms with Crippen LogP contribution in [-0.2, 0) is 23.7 Å². The van der Waals surface area contributed by atoms with E-state index in [2.05, 4.69) is 67.5 Å². The standard InChI is InChI=1S/C54H71N19O16S4/c1-21-16-69(50(80)64-41(21)75)36-6-26(31(11-55)85-36)60-46(90)56-12-32-27(7-37(86-32)70-17-22(2)42(76)65-51(70)81)61-47(91)57-13-33-28(8-38(87-33)71-18-23(3)43(77)66-52(71)82)62-48(92)58-14-34-29(9-39(88-34)72-19-24(4)44(78)67-53(72)83)63-49(93)59-15-35-30(74)10-40(89-35)73-20-25(5)45(79)68-54(73)84/h16-20,26-40,74H,6-15,55H2,1-5H3,(H2,56,60,90)(H2,57,61,91)(H2,58,62,92)(H2,59,63,93)(H,64,75,80)(H,65,76,81)(H,66,77,82)(H,67,78,83)(H,68,79,84)/t26-,27-,28-,29-,30-,31+,32+,33+,34+,35+,36+,37+,38+,39+,40+/m0/s1. The molecule has 10 heterocycles. The molecular formula is C54H71N19O16S4. The third kappa shape index (κ3) is 15.6. The average Bonchev–Trinajstić information content (AvgIpc) is 1.76. The van der Waals surface area contributed by atoms with E-state index in [-0.39, 0.29) is 108 Å². The first-order chi connectivity index (χ1) is 44.2. The number of nitrogens with zero attached hydrogens (tertiary/aromatic N) is 5. The smallest absolute Gasteiger partial charge is 0.330 e. The number of aromatic nitrogens is 10. The average molecular weight is 1370 g/mol. The number of aromatic amines is 5. The highest BCUT2D eigenvalue weighted by Crippen LogP contribution is 2.32. The van der Waals surface area contributed by atoms with Gasteiger partial charge in [0.15, 0.2) is 20.4 Å². The van der Waals surface area contributed by atoms with E-state index in [1.165, 1.54) is 60.7 Å². The minimum absolute atomic E-state index is 0.00472. The fraction of sp³-hybridized carbons (Fsp3) is 0.556. The van der Waals surface area contributed by atoms with Crippen molar-refractivity contribution in [3.05, 3.63) is 163 Å². The Balaban J connectivity index is 0.799. The Kier molecular flexibility index (Phi) is 20.9. The number of hydrogen-bond acceptors (Lipinski definition) is 21. The maximum Gasteiger partial charge on any atom is 0.330 e. The first kappa shape index (κ1) is 67.8. The summed E-state index contributed by atoms with van der Waals surface area (Å²) in [6.07, 6.45) is -1.30. The first-order valence-electron chi connectivity index (χ1n) is 29.6. The predicted molar refractivity (Wildman–Crippen MR) is 348 cm³/mol. The number of aryl methyl sites for hydroxylation is 5. The summed E-state index contributed by atoms with van der Waals surface area (Å²) in [7, 11) is 0. The van der Waals surface area contributed by atoms with Crippen molar-refractivity contribution in [2.45, 2.75) is 159 Å². The summed E-state index contributed by atoms with van der Waals surface area (Å²) >= 11 is 23.2. The molecule has 502 valence electrons. The van der Waals surface area contributed by atoms with Crippen LogP contribution >= 0.6 is 48.9 Å². The van der Waals surface area contributed by atoms with Crippen molar-refractivity contribution >= 4 is 69.3 Å². The fourth-order valence-corrected chi connectivity index (χ4v) is 12.7. The van der Waals surface area contributed by atoms with Gasteiger partial charge in [-0.3, -0.25) is 71.7 Å². The molecule has 0 unspecified atom stereocenters. The lowest BCUT2D eigenvalue weighted by molar-refractivity contribution is -0.0173. The van der Waals surface area contributed by atoms with Crippen molar-refractivity contribution < 1.29 is 28.8 Å². The Morgan fingerprint density at radius 3 is 0.871 bits per heavy atom. The van der Waals surface area contributed by atoms with Crippen LogP contribution in [-0.4, -0.2) is 167 Å². The van der Waals surface area contributed by atoms with E-state index >= 15 is 0 Å². The summed E-state index contributed by atoms with van der Waals surface area (Å²) in [5.41, 5.74) is 1.24. The number of aliphatic hydroxyl groups excluding tert-OH is 1. The van der Waals surface area contributed by atoms with Crippen LogP contribution in [0.15, 0.2) is 78.9 Å². The molecule has 5 aromatic rings. The molecule has 35 nitrogen and oxygen atoms in total. The van der Waals surface area contributed by atoms with E-state index in [0.717, 1.165) is 0 Å². The third-order valence-electron chi connectivity index (χ3n) is 16.8. The molecule has 0 aromatic carbocycles. The Labute approximate surface area is 545 Å². The molecule has 0 amide bonds. The molecule has 0 aliphatic carbocycles. The highest BCUT2D eigenvalue weighted by atomic mass is 32.1. The Hall–Kier alpha value is -8.12. The van der Waals surface area contributed by atoms with Gasteiger partial charge in [0.1, 0.15) is 37.2 Å². The Bertz CT molecular complexity index is 4330. The predicted octanol–water partition coefficient (Wildman–Crippen LogP) is -5.63. The van der Waals surface area contributed by atoms with Crippen molar-refractivity contribution in [3.63, 3.8) is 0 Å². The van der Waals surface area contributed by atoms with Gasteiger partial charge in [-0.15, -0.1) is 0 Å². The van der Waals surface area contributed by atoms with Gasteiger partial charge < -0.3 is 77.1 Å². The molecule has 5 saturated heterocycles. The quantitative estimate of drug-likeness (QED) is 0.0364. The molecule has 5 aliphatic rings. The molecule has 15 atom stereocenters. The van der Waals surface area contributed by atoms with Gasteiger partial charge in [-0.05, 0) is 83.5 Å². The maximum absolute atomic E-state index is 13.3. The first-order valence-corrected chi connectivity index (χ1v) is 31.3. The number of aliphatic hydroxyl groups is 1. The molecular weight excluding hydrogens is 1300 g/mol. The van der Waals surface area contributed by atoms with Crippen LogP contribution in [0.2, 0.25) is 0 Å². The number of ether oxygens (including phenoxy) is 5. The van der Waals surface area contributed by atoms with Crippen LogP contribution in [0.1, 0.15) is 91.1 Å². The van der Waals surface area contributed by atoms with Gasteiger partial charge >= 0.3 is 28.4 Å². The van der Waals surface area contributed by atoms with Crippen LogP contribution in [0.5, 0.6) is 0 Å². The second-order valence-corrected chi connectivity index (χ2v) is 25.0. The van der Waals surface area contributed by atoms with Gasteiger partial charge in [0, 0.05) is 124 Å². The largest absolute Gasteiger partial charge is 0.390 e. The summed E-state index contributed by atoms with van der Waals surface area (Å²) in [5.74, 6) is 0. The number of thiocarbonyl (C=S) groups is 4. The van der Waals surface area contributed by atoms with Crippen molar-refractivity contribution in [2.24, 2.45) is 5.73 Å². The monoisotopic (exact) mass is 1370 g/mol. The SMILES string of the molecule is Cc1cn([C@H]2C[C@H](NC(=S)NC[C@H]3O[C@@H](n4cc(C)c(=O)[nH]c4=O)C[C@@H]3NC(=S)NC[C@H]3O[C@@H](n4cc(C)c(=O)[nH]c4=O)C[C@@H]3NC(=S)NC[C@H]3O[C@@H](n4cc(C)c(=O)[nH]c4=O)C[C@@H]3NC(=S)NC[C@H]3O[C@@H](n4cc(C)c(=O)[nH]c4=O)C[C@@H]3O)[C@@H](CN)O2)c(=O)[nH]c1=O. The molecule has 5 aliphatic heterocycles. The van der Waals surface area contributed by atoms with Gasteiger partial charge in [0.05, 0.1) is 54.7 Å². The zero-order valence-corrected chi connectivity index (χ0v) is 53.9. The van der Waals surface area contributed by atoms with Crippen LogP contribution in [0.25, 0.3) is 0 Å². The minimum atomic E-state index is -1.01. The lowest BCUT2D eigenvalue weighted by Gasteiger charge is -2.26. The van der Waals surface area contributed by atoms with Crippen LogP contribution in [0, 0.1) is 34.6 Å². The lowest BCUT2D eigenvalue weighted by atomic mass is 10.1. The summed E-state index contributed by atoms with van der Waals surface area (Å²) in [5, 5.41) is 37.1. The summed E-state index contributed by atoms with van der Waals surface area (Å²) < 4.78 is 37.8. The van der Waals surface area contributed by atoms with Crippen molar-refractivity contribution in [1.29, 1.82) is 0 Å². The van der Waals surface area contributed by atoms with E-state index in [9.17, 15) is 53.1 Å². The second kappa shape index (κ2) is 28.6. The lowest BCUT2D eigenvalue weighted by Crippen LogP contribution is -2.54. The molecule has 0 bridgehead atoms. The number of rotatable bonds is 18. The molecule has 0 radical (unpaired) electrons. The number of nitrogens with one attached hydrogen (secondary N) is 13. The van der Waals surface area contributed by atoms with E-state index in [4.69, 9.17) is 78.3 Å². The fourth-order valence-electron chi connectivity index (χ4n) is 11.7. The number of hydrogen-bond donors (Lipinski definition) is 15. The van der Waals surface area contributed by atoms with E-state index in [0.29, 0.717) is 5.56 Å². The highest BCUT2D eigenvalue weighted by Gasteiger charge is 2.43. The highest BCUT2D eigenvalue weighted by molar-refractivity contribution is 7.80. The second-order valence-electron chi connectivity index (χ2n) is 23.4. The topological polar surface area (TPSA) is 463 Å². The zero-order valence-electron chi connectivity index (χ0n) is 50.6. The molecule has 5 aromatic heterocycles. The normalized spacial score (nSPS) is 27.4. The van der Waals surface area contributed by atoms with E-state index in [1.807, 2.05) is 0 Å². The van der Waals surface area contributed by atoms with Gasteiger partial charge in [-0.25, -0.2) is 24.0 Å². The number of nitrogens with two attached hydrogens (primary N) is 1. The van der Waals surface area contributed by atoms with E-state index in [1.54, 1.807) is 27.7 Å². The van der Waals surface area contributed by atoms with Crippen molar-refractivity contribution in [1.82, 2.24) is 90.3 Å². The van der Waals surface area contributed by atoms with Gasteiger partial charge in [-0.2, -0.15) is 0 Å².